The molecule has 8 heteroatoms. The number of hydrogen-bond acceptors (Lipinski definition) is 8. The van der Waals surface area contributed by atoms with E-state index < -0.39 is 0 Å². The van der Waals surface area contributed by atoms with E-state index in [0.29, 0.717) is 17.7 Å². The molecule has 7 nitrogen and oxygen atoms in total. The van der Waals surface area contributed by atoms with Crippen LogP contribution in [0.2, 0.25) is 0 Å². The Kier molecular flexibility index (Phi) is 4.38. The van der Waals surface area contributed by atoms with E-state index in [4.69, 9.17) is 18.8 Å². The summed E-state index contributed by atoms with van der Waals surface area (Å²) in [5.74, 6) is 1.58. The van der Waals surface area contributed by atoms with Crippen LogP contribution in [0.15, 0.2) is 82.4 Å². The highest BCUT2D eigenvalue weighted by atomic mass is 32.1. The summed E-state index contributed by atoms with van der Waals surface area (Å²) in [7, 11) is 0. The van der Waals surface area contributed by atoms with Crippen LogP contribution in [0.25, 0.3) is 21.1 Å². The molecule has 5 heterocycles. The number of furan rings is 2. The van der Waals surface area contributed by atoms with Gasteiger partial charge < -0.3 is 8.83 Å². The molecule has 0 atom stereocenters. The van der Waals surface area contributed by atoms with Crippen molar-refractivity contribution >= 4 is 29.1 Å². The minimum atomic E-state index is 0.447. The van der Waals surface area contributed by atoms with Gasteiger partial charge in [-0.15, -0.1) is 11.3 Å². The molecule has 0 unspecified atom stereocenters. The highest BCUT2D eigenvalue weighted by Gasteiger charge is 2.21. The lowest BCUT2D eigenvalue weighted by molar-refractivity contribution is 0.537. The van der Waals surface area contributed by atoms with Gasteiger partial charge in [-0.2, -0.15) is 0 Å². The number of thiazole rings is 1. The highest BCUT2D eigenvalue weighted by molar-refractivity contribution is 7.18. The van der Waals surface area contributed by atoms with E-state index in [-0.39, 0.29) is 0 Å². The largest absolute Gasteiger partial charge is 0.448 e. The van der Waals surface area contributed by atoms with Gasteiger partial charge in [-0.1, -0.05) is 0 Å². The van der Waals surface area contributed by atoms with E-state index in [1.165, 1.54) is 0 Å². The zero-order chi connectivity index (χ0) is 19.6. The van der Waals surface area contributed by atoms with Crippen LogP contribution >= 0.6 is 11.3 Å². The lowest BCUT2D eigenvalue weighted by Gasteiger charge is -2.17. The summed E-state index contributed by atoms with van der Waals surface area (Å²) in [5.41, 5.74) is 2.67. The number of aryl methyl sites for hydroxylation is 1. The second-order valence-corrected chi connectivity index (χ2v) is 7.15. The fraction of sp³-hybridized carbons (Fsp3) is 0.0476. The fourth-order valence-corrected chi connectivity index (χ4v) is 3.96. The van der Waals surface area contributed by atoms with E-state index in [1.54, 1.807) is 41.2 Å². The molecule has 5 rings (SSSR count). The summed E-state index contributed by atoms with van der Waals surface area (Å²) in [6, 6.07) is 13.0. The topological polar surface area (TPSA) is 81.1 Å². The average Bonchev–Trinajstić information content (AvgIpc) is 3.52. The normalized spacial score (nSPS) is 10.9. The number of pyridine rings is 1. The number of hydrogen-bond donors (Lipinski definition) is 0. The third-order valence-corrected chi connectivity index (χ3v) is 5.46. The van der Waals surface area contributed by atoms with Crippen LogP contribution in [0.4, 0.5) is 17.7 Å². The average molecular weight is 401 g/mol. The van der Waals surface area contributed by atoms with E-state index in [9.17, 15) is 0 Å². The van der Waals surface area contributed by atoms with Crippen molar-refractivity contribution in [3.8, 4) is 21.1 Å². The summed E-state index contributed by atoms with van der Waals surface area (Å²) in [5, 5.41) is 0.902. The van der Waals surface area contributed by atoms with E-state index >= 15 is 0 Å². The Balaban J connectivity index is 1.58. The quantitative estimate of drug-likeness (QED) is 0.378. The maximum atomic E-state index is 5.57. The van der Waals surface area contributed by atoms with Crippen LogP contribution in [0, 0.1) is 6.92 Å². The maximum Gasteiger partial charge on any atom is 0.240 e. The summed E-state index contributed by atoms with van der Waals surface area (Å²) in [4.78, 5) is 20.8. The lowest BCUT2D eigenvalue weighted by atomic mass is 10.3. The first-order valence-electron chi connectivity index (χ1n) is 8.88. The van der Waals surface area contributed by atoms with Crippen molar-refractivity contribution in [1.82, 2.24) is 19.9 Å². The van der Waals surface area contributed by atoms with Crippen molar-refractivity contribution in [2.75, 3.05) is 4.90 Å². The van der Waals surface area contributed by atoms with Crippen LogP contribution in [-0.2, 0) is 0 Å². The van der Waals surface area contributed by atoms with Crippen LogP contribution in [0.5, 0.6) is 0 Å². The SMILES string of the molecule is Cc1nc(-c2cccnc2)sc1-c1ccnc(N(c2ccco2)c2ccco2)n1. The second kappa shape index (κ2) is 7.33. The molecule has 0 bridgehead atoms. The van der Waals surface area contributed by atoms with Gasteiger partial charge in [0.05, 0.1) is 28.8 Å². The van der Waals surface area contributed by atoms with Crippen molar-refractivity contribution in [1.29, 1.82) is 0 Å². The van der Waals surface area contributed by atoms with Gasteiger partial charge in [0.2, 0.25) is 17.7 Å². The molecule has 0 saturated carbocycles. The third-order valence-electron chi connectivity index (χ3n) is 4.23. The predicted octanol–water partition coefficient (Wildman–Crippen LogP) is 5.63. The molecule has 0 fully saturated rings. The summed E-state index contributed by atoms with van der Waals surface area (Å²) < 4.78 is 11.1. The van der Waals surface area contributed by atoms with E-state index in [0.717, 1.165) is 26.8 Å². The summed E-state index contributed by atoms with van der Waals surface area (Å²) in [6.07, 6.45) is 8.48. The number of aromatic nitrogens is 4. The predicted molar refractivity (Wildman–Crippen MR) is 110 cm³/mol. The van der Waals surface area contributed by atoms with Gasteiger partial charge in [0.25, 0.3) is 0 Å². The Morgan fingerprint density at radius 2 is 1.69 bits per heavy atom. The molecule has 0 aromatic carbocycles. The minimum absolute atomic E-state index is 0.447. The van der Waals surface area contributed by atoms with E-state index in [2.05, 4.69) is 9.97 Å². The molecule has 0 spiro atoms. The zero-order valence-corrected chi connectivity index (χ0v) is 16.2. The van der Waals surface area contributed by atoms with Gasteiger partial charge in [0, 0.05) is 36.3 Å². The van der Waals surface area contributed by atoms with Crippen molar-refractivity contribution in [2.24, 2.45) is 0 Å². The first-order chi connectivity index (χ1) is 14.3. The third kappa shape index (κ3) is 3.30. The zero-order valence-electron chi connectivity index (χ0n) is 15.4. The molecule has 0 aliphatic carbocycles. The molecular weight excluding hydrogens is 386 g/mol. The van der Waals surface area contributed by atoms with Crippen molar-refractivity contribution in [3.05, 3.63) is 79.3 Å². The molecular formula is C21H15N5O2S. The second-order valence-electron chi connectivity index (χ2n) is 6.16. The number of nitrogens with zero attached hydrogens (tertiary/aromatic N) is 5. The summed E-state index contributed by atoms with van der Waals surface area (Å²) in [6.45, 7) is 1.98. The van der Waals surface area contributed by atoms with Crippen LogP contribution in [-0.4, -0.2) is 19.9 Å². The first kappa shape index (κ1) is 17.3. The molecule has 142 valence electrons. The number of rotatable bonds is 5. The molecule has 0 radical (unpaired) electrons. The fourth-order valence-electron chi connectivity index (χ4n) is 2.93. The van der Waals surface area contributed by atoms with Crippen LogP contribution in [0.3, 0.4) is 0 Å². The molecule has 0 N–H and O–H groups in total. The molecule has 5 aromatic rings. The molecule has 0 saturated heterocycles. The van der Waals surface area contributed by atoms with Crippen molar-refractivity contribution in [3.63, 3.8) is 0 Å². The molecule has 5 aromatic heterocycles. The molecule has 0 aliphatic rings. The lowest BCUT2D eigenvalue weighted by Crippen LogP contribution is -2.12. The number of anilines is 3. The Bertz CT molecular complexity index is 1180. The van der Waals surface area contributed by atoms with Gasteiger partial charge in [0.15, 0.2) is 0 Å². The maximum absolute atomic E-state index is 5.57. The monoisotopic (exact) mass is 401 g/mol. The Morgan fingerprint density at radius 1 is 0.897 bits per heavy atom. The van der Waals surface area contributed by atoms with Crippen molar-refractivity contribution < 1.29 is 8.83 Å². The van der Waals surface area contributed by atoms with Crippen LogP contribution in [0.1, 0.15) is 5.69 Å². The standard InChI is InChI=1S/C21H15N5O2S/c1-14-19(29-20(24-14)15-5-2-9-22-13-15)16-8-10-23-21(25-16)26(17-6-3-11-27-17)18-7-4-12-28-18/h2-13H,1H3. The first-order valence-corrected chi connectivity index (χ1v) is 9.69. The Labute approximate surface area is 170 Å². The highest BCUT2D eigenvalue weighted by Crippen LogP contribution is 2.37. The van der Waals surface area contributed by atoms with Crippen molar-refractivity contribution in [2.45, 2.75) is 6.92 Å². The van der Waals surface area contributed by atoms with Gasteiger partial charge in [-0.25, -0.2) is 19.9 Å². The van der Waals surface area contributed by atoms with Gasteiger partial charge in [-0.05, 0) is 37.3 Å². The molecule has 0 aliphatic heterocycles. The van der Waals surface area contributed by atoms with Gasteiger partial charge >= 0.3 is 0 Å². The smallest absolute Gasteiger partial charge is 0.240 e. The Hall–Kier alpha value is -3.78. The minimum Gasteiger partial charge on any atom is -0.448 e. The molecule has 29 heavy (non-hydrogen) atoms. The Morgan fingerprint density at radius 3 is 2.34 bits per heavy atom. The van der Waals surface area contributed by atoms with Crippen LogP contribution < -0.4 is 4.90 Å². The van der Waals surface area contributed by atoms with Gasteiger partial charge in [0.1, 0.15) is 5.01 Å². The summed E-state index contributed by atoms with van der Waals surface area (Å²) >= 11 is 1.57. The van der Waals surface area contributed by atoms with Gasteiger partial charge in [-0.3, -0.25) is 4.98 Å². The molecule has 0 amide bonds. The van der Waals surface area contributed by atoms with E-state index in [1.807, 2.05) is 55.6 Å².